The first-order chi connectivity index (χ1) is 9.82. The standard InChI is InChI=1S/C15H17F2NO3/c1-8-4-3-5-9(2)18(8)14(19)10-6-12(16)13(17)7-11(10)15(20)21/h6-9H,3-5H2,1-2H3,(H,20,21). The molecule has 1 aromatic rings. The number of benzene rings is 1. The van der Waals surface area contributed by atoms with E-state index in [-0.39, 0.29) is 17.6 Å². The van der Waals surface area contributed by atoms with Crippen molar-refractivity contribution in [1.29, 1.82) is 0 Å². The van der Waals surface area contributed by atoms with Crippen LogP contribution in [0.15, 0.2) is 12.1 Å². The van der Waals surface area contributed by atoms with Gasteiger partial charge in [0, 0.05) is 12.1 Å². The normalized spacial score (nSPS) is 22.2. The summed E-state index contributed by atoms with van der Waals surface area (Å²) in [5.41, 5.74) is -0.814. The van der Waals surface area contributed by atoms with Crippen molar-refractivity contribution in [2.75, 3.05) is 0 Å². The fraction of sp³-hybridized carbons (Fsp3) is 0.467. The van der Waals surface area contributed by atoms with E-state index in [4.69, 9.17) is 5.11 Å². The molecule has 6 heteroatoms. The van der Waals surface area contributed by atoms with Crippen LogP contribution in [0.3, 0.4) is 0 Å². The third kappa shape index (κ3) is 2.89. The third-order valence-electron chi connectivity index (χ3n) is 3.95. The number of carboxylic acid groups (broad SMARTS) is 1. The molecule has 0 bridgehead atoms. The zero-order chi connectivity index (χ0) is 15.7. The highest BCUT2D eigenvalue weighted by molar-refractivity contribution is 6.05. The largest absolute Gasteiger partial charge is 0.478 e. The maximum atomic E-state index is 13.4. The predicted octanol–water partition coefficient (Wildman–Crippen LogP) is 3.07. The maximum Gasteiger partial charge on any atom is 0.336 e. The summed E-state index contributed by atoms with van der Waals surface area (Å²) in [5, 5.41) is 9.10. The lowest BCUT2D eigenvalue weighted by Gasteiger charge is -2.39. The second kappa shape index (κ2) is 5.79. The van der Waals surface area contributed by atoms with Crippen molar-refractivity contribution in [3.63, 3.8) is 0 Å². The molecule has 0 radical (unpaired) electrons. The first-order valence-corrected chi connectivity index (χ1v) is 6.88. The van der Waals surface area contributed by atoms with Gasteiger partial charge in [-0.3, -0.25) is 4.79 Å². The van der Waals surface area contributed by atoms with Crippen molar-refractivity contribution in [1.82, 2.24) is 4.90 Å². The summed E-state index contributed by atoms with van der Waals surface area (Å²) in [7, 11) is 0. The van der Waals surface area contributed by atoms with Gasteiger partial charge in [-0.1, -0.05) is 0 Å². The number of piperidine rings is 1. The summed E-state index contributed by atoms with van der Waals surface area (Å²) in [6.45, 7) is 3.74. The topological polar surface area (TPSA) is 57.6 Å². The van der Waals surface area contributed by atoms with E-state index in [1.165, 1.54) is 0 Å². The van der Waals surface area contributed by atoms with E-state index in [9.17, 15) is 18.4 Å². The summed E-state index contributed by atoms with van der Waals surface area (Å²) < 4.78 is 26.6. The van der Waals surface area contributed by atoms with Gasteiger partial charge >= 0.3 is 5.97 Å². The fourth-order valence-corrected chi connectivity index (χ4v) is 2.86. The van der Waals surface area contributed by atoms with Gasteiger partial charge in [0.1, 0.15) is 0 Å². The number of likely N-dealkylation sites (tertiary alicyclic amines) is 1. The number of amides is 1. The van der Waals surface area contributed by atoms with Crippen LogP contribution in [0.1, 0.15) is 53.8 Å². The molecule has 1 saturated heterocycles. The summed E-state index contributed by atoms with van der Waals surface area (Å²) in [5.74, 6) is -4.51. The van der Waals surface area contributed by atoms with Crippen LogP contribution in [0.5, 0.6) is 0 Å². The number of hydrogen-bond donors (Lipinski definition) is 1. The molecule has 0 saturated carbocycles. The van der Waals surface area contributed by atoms with Gasteiger partial charge in [-0.2, -0.15) is 0 Å². The lowest BCUT2D eigenvalue weighted by Crippen LogP contribution is -2.47. The first kappa shape index (κ1) is 15.4. The number of carbonyl (C=O) groups excluding carboxylic acids is 1. The summed E-state index contributed by atoms with van der Waals surface area (Å²) in [6.07, 6.45) is 2.60. The van der Waals surface area contributed by atoms with E-state index in [2.05, 4.69) is 0 Å². The molecule has 0 aromatic heterocycles. The van der Waals surface area contributed by atoms with Crippen molar-refractivity contribution in [2.24, 2.45) is 0 Å². The molecule has 1 amide bonds. The summed E-state index contributed by atoms with van der Waals surface area (Å²) in [6, 6.07) is 1.12. The summed E-state index contributed by atoms with van der Waals surface area (Å²) >= 11 is 0. The second-order valence-corrected chi connectivity index (χ2v) is 5.46. The van der Waals surface area contributed by atoms with Crippen LogP contribution in [0, 0.1) is 11.6 Å². The van der Waals surface area contributed by atoms with Gasteiger partial charge in [0.2, 0.25) is 0 Å². The first-order valence-electron chi connectivity index (χ1n) is 6.88. The van der Waals surface area contributed by atoms with E-state index < -0.39 is 29.1 Å². The molecular formula is C15H17F2NO3. The smallest absolute Gasteiger partial charge is 0.336 e. The van der Waals surface area contributed by atoms with Crippen LogP contribution in [0.2, 0.25) is 0 Å². The number of halogens is 2. The molecule has 0 aliphatic carbocycles. The van der Waals surface area contributed by atoms with Gasteiger partial charge in [0.25, 0.3) is 5.91 Å². The van der Waals surface area contributed by atoms with E-state index >= 15 is 0 Å². The zero-order valence-electron chi connectivity index (χ0n) is 11.9. The molecule has 114 valence electrons. The highest BCUT2D eigenvalue weighted by Crippen LogP contribution is 2.26. The number of aromatic carboxylic acids is 1. The van der Waals surface area contributed by atoms with Crippen LogP contribution in [-0.2, 0) is 0 Å². The molecule has 4 nitrogen and oxygen atoms in total. The Kier molecular flexibility index (Phi) is 4.25. The lowest BCUT2D eigenvalue weighted by atomic mass is 9.95. The predicted molar refractivity (Wildman–Crippen MR) is 72.3 cm³/mol. The van der Waals surface area contributed by atoms with E-state index in [1.54, 1.807) is 4.90 Å². The van der Waals surface area contributed by atoms with Crippen LogP contribution in [0.25, 0.3) is 0 Å². The Morgan fingerprint density at radius 1 is 1.10 bits per heavy atom. The van der Waals surface area contributed by atoms with E-state index in [0.29, 0.717) is 12.1 Å². The molecule has 1 fully saturated rings. The minimum Gasteiger partial charge on any atom is -0.478 e. The molecule has 1 aliphatic heterocycles. The minimum atomic E-state index is -1.45. The number of carbonyl (C=O) groups is 2. The van der Waals surface area contributed by atoms with Gasteiger partial charge in [-0.25, -0.2) is 13.6 Å². The van der Waals surface area contributed by atoms with Crippen LogP contribution < -0.4 is 0 Å². The molecule has 1 aliphatic rings. The molecule has 1 heterocycles. The monoisotopic (exact) mass is 297 g/mol. The van der Waals surface area contributed by atoms with Crippen molar-refractivity contribution in [3.05, 3.63) is 34.9 Å². The van der Waals surface area contributed by atoms with Crippen LogP contribution in [-0.4, -0.2) is 34.0 Å². The minimum absolute atomic E-state index is 0.0593. The molecular weight excluding hydrogens is 280 g/mol. The Hall–Kier alpha value is -1.98. The van der Waals surface area contributed by atoms with Crippen molar-refractivity contribution in [2.45, 2.75) is 45.2 Å². The number of nitrogens with zero attached hydrogens (tertiary/aromatic N) is 1. The van der Waals surface area contributed by atoms with Gasteiger partial charge < -0.3 is 10.0 Å². The molecule has 2 atom stereocenters. The Morgan fingerprint density at radius 3 is 2.05 bits per heavy atom. The fourth-order valence-electron chi connectivity index (χ4n) is 2.86. The Labute approximate surface area is 121 Å². The number of carboxylic acids is 1. The number of rotatable bonds is 2. The van der Waals surface area contributed by atoms with Crippen molar-refractivity contribution < 1.29 is 23.5 Å². The molecule has 2 unspecified atom stereocenters. The Morgan fingerprint density at radius 2 is 1.57 bits per heavy atom. The molecule has 1 N–H and O–H groups in total. The van der Waals surface area contributed by atoms with Crippen LogP contribution in [0.4, 0.5) is 8.78 Å². The van der Waals surface area contributed by atoms with Crippen LogP contribution >= 0.6 is 0 Å². The van der Waals surface area contributed by atoms with E-state index in [0.717, 1.165) is 19.3 Å². The second-order valence-electron chi connectivity index (χ2n) is 5.46. The van der Waals surface area contributed by atoms with Crippen molar-refractivity contribution >= 4 is 11.9 Å². The number of hydrogen-bond acceptors (Lipinski definition) is 2. The Balaban J connectivity index is 2.47. The van der Waals surface area contributed by atoms with Gasteiger partial charge in [0.05, 0.1) is 11.1 Å². The highest BCUT2D eigenvalue weighted by atomic mass is 19.2. The molecule has 2 rings (SSSR count). The van der Waals surface area contributed by atoms with Gasteiger partial charge in [-0.15, -0.1) is 0 Å². The van der Waals surface area contributed by atoms with Crippen molar-refractivity contribution in [3.8, 4) is 0 Å². The van der Waals surface area contributed by atoms with E-state index in [1.807, 2.05) is 13.8 Å². The molecule has 21 heavy (non-hydrogen) atoms. The molecule has 1 aromatic carbocycles. The third-order valence-corrected chi connectivity index (χ3v) is 3.95. The molecule has 0 spiro atoms. The van der Waals surface area contributed by atoms with Gasteiger partial charge in [-0.05, 0) is 45.2 Å². The highest BCUT2D eigenvalue weighted by Gasteiger charge is 2.32. The quantitative estimate of drug-likeness (QED) is 0.912. The van der Waals surface area contributed by atoms with Gasteiger partial charge in [0.15, 0.2) is 11.6 Å². The summed E-state index contributed by atoms with van der Waals surface area (Å²) in [4.78, 5) is 25.3. The lowest BCUT2D eigenvalue weighted by molar-refractivity contribution is 0.0500. The Bertz CT molecular complexity index is 579. The SMILES string of the molecule is CC1CCCC(C)N1C(=O)c1cc(F)c(F)cc1C(=O)O. The average Bonchev–Trinajstić information content (AvgIpc) is 2.40. The average molecular weight is 297 g/mol. The zero-order valence-corrected chi connectivity index (χ0v) is 11.9. The maximum absolute atomic E-state index is 13.4.